The van der Waals surface area contributed by atoms with Crippen molar-refractivity contribution in [2.24, 2.45) is 0 Å². The lowest BCUT2D eigenvalue weighted by Crippen LogP contribution is -2.35. The molecule has 0 saturated heterocycles. The van der Waals surface area contributed by atoms with E-state index in [4.69, 9.17) is 27.9 Å². The van der Waals surface area contributed by atoms with E-state index in [1.165, 1.54) is 18.2 Å². The van der Waals surface area contributed by atoms with Crippen LogP contribution in [0.3, 0.4) is 0 Å². The quantitative estimate of drug-likeness (QED) is 0.619. The minimum absolute atomic E-state index is 0.0335. The number of nitrogens with zero attached hydrogens (tertiary/aromatic N) is 1. The molecule has 2 aromatic rings. The van der Waals surface area contributed by atoms with Gasteiger partial charge in [0.25, 0.3) is 0 Å². The smallest absolute Gasteiger partial charge is 0.418 e. The van der Waals surface area contributed by atoms with Crippen molar-refractivity contribution in [1.29, 1.82) is 0 Å². The van der Waals surface area contributed by atoms with Crippen molar-refractivity contribution in [3.63, 3.8) is 0 Å². The number of amides is 1. The maximum Gasteiger partial charge on any atom is 0.418 e. The molecule has 2 aromatic carbocycles. The predicted molar refractivity (Wildman–Crippen MR) is 108 cm³/mol. The second-order valence-electron chi connectivity index (χ2n) is 6.02. The number of hydrogen-bond donors (Lipinski definition) is 1. The van der Waals surface area contributed by atoms with E-state index in [2.05, 4.69) is 5.32 Å². The molecule has 0 radical (unpaired) electrons. The highest BCUT2D eigenvalue weighted by Gasteiger charge is 2.34. The number of halogens is 5. The highest BCUT2D eigenvalue weighted by atomic mass is 35.5. The van der Waals surface area contributed by atoms with E-state index in [0.717, 1.165) is 19.2 Å². The second-order valence-corrected chi connectivity index (χ2v) is 8.91. The largest absolute Gasteiger partial charge is 0.492 e. The van der Waals surface area contributed by atoms with Crippen LogP contribution >= 0.6 is 23.2 Å². The van der Waals surface area contributed by atoms with E-state index in [1.807, 2.05) is 0 Å². The van der Waals surface area contributed by atoms with E-state index in [-0.39, 0.29) is 27.3 Å². The number of hydrogen-bond acceptors (Lipinski definition) is 4. The van der Waals surface area contributed by atoms with Crippen LogP contribution in [0.5, 0.6) is 5.75 Å². The summed E-state index contributed by atoms with van der Waals surface area (Å²) in [5.74, 6) is -0.944. The van der Waals surface area contributed by atoms with E-state index < -0.39 is 39.9 Å². The molecule has 0 aliphatic carbocycles. The first-order valence-electron chi connectivity index (χ1n) is 8.41. The lowest BCUT2D eigenvalue weighted by Gasteiger charge is -2.20. The van der Waals surface area contributed by atoms with Gasteiger partial charge in [0.1, 0.15) is 10.6 Å². The molecule has 0 atom stereocenters. The number of alkyl halides is 3. The topological polar surface area (TPSA) is 75.7 Å². The molecule has 0 heterocycles. The van der Waals surface area contributed by atoms with Gasteiger partial charge in [0, 0.05) is 17.1 Å². The fraction of sp³-hybridized carbons (Fsp3) is 0.278. The van der Waals surface area contributed by atoms with Gasteiger partial charge in [0.05, 0.1) is 24.4 Å². The van der Waals surface area contributed by atoms with Crippen LogP contribution in [0.25, 0.3) is 0 Å². The average Bonchev–Trinajstić information content (AvgIpc) is 2.63. The van der Waals surface area contributed by atoms with Crippen molar-refractivity contribution in [3.05, 3.63) is 52.0 Å². The maximum absolute atomic E-state index is 13.2. The zero-order valence-electron chi connectivity index (χ0n) is 15.8. The second kappa shape index (κ2) is 9.42. The van der Waals surface area contributed by atoms with E-state index >= 15 is 0 Å². The molecule has 6 nitrogen and oxygen atoms in total. The Morgan fingerprint density at radius 1 is 1.13 bits per heavy atom. The lowest BCUT2D eigenvalue weighted by molar-refractivity contribution is -0.137. The van der Waals surface area contributed by atoms with Gasteiger partial charge in [0.2, 0.25) is 15.9 Å². The third kappa shape index (κ3) is 5.78. The number of sulfonamides is 1. The summed E-state index contributed by atoms with van der Waals surface area (Å²) in [5, 5.41) is 2.04. The molecule has 0 bridgehead atoms. The van der Waals surface area contributed by atoms with Crippen LogP contribution in [0.1, 0.15) is 12.5 Å². The number of carbonyl (C=O) groups is 1. The first-order chi connectivity index (χ1) is 13.9. The minimum Gasteiger partial charge on any atom is -0.492 e. The summed E-state index contributed by atoms with van der Waals surface area (Å²) in [6.45, 7) is 1.10. The van der Waals surface area contributed by atoms with Crippen molar-refractivity contribution in [1.82, 2.24) is 4.31 Å². The van der Waals surface area contributed by atoms with Crippen LogP contribution in [-0.4, -0.2) is 38.8 Å². The maximum atomic E-state index is 13.2. The molecule has 164 valence electrons. The summed E-state index contributed by atoms with van der Waals surface area (Å²) >= 11 is 11.5. The van der Waals surface area contributed by atoms with Crippen LogP contribution < -0.4 is 10.1 Å². The standard InChI is InChI=1S/C18H17Cl2F3N2O4S/c1-3-29-15-7-5-12(20)9-16(15)30(27,28)25(2)10-17(26)24-14-6-4-11(19)8-13(14)18(21,22)23/h4-9H,3,10H2,1-2H3,(H,24,26). The van der Waals surface area contributed by atoms with Gasteiger partial charge in [0.15, 0.2) is 0 Å². The Bertz CT molecular complexity index is 1050. The van der Waals surface area contributed by atoms with E-state index in [0.29, 0.717) is 10.4 Å². The van der Waals surface area contributed by atoms with Crippen LogP contribution in [0.15, 0.2) is 41.3 Å². The number of benzene rings is 2. The van der Waals surface area contributed by atoms with E-state index in [1.54, 1.807) is 6.92 Å². The highest BCUT2D eigenvalue weighted by Crippen LogP contribution is 2.36. The molecule has 0 saturated carbocycles. The monoisotopic (exact) mass is 484 g/mol. The average molecular weight is 485 g/mol. The van der Waals surface area contributed by atoms with Gasteiger partial charge in [-0.1, -0.05) is 23.2 Å². The molecular weight excluding hydrogens is 468 g/mol. The summed E-state index contributed by atoms with van der Waals surface area (Å²) < 4.78 is 71.2. The van der Waals surface area contributed by atoms with Gasteiger partial charge in [-0.3, -0.25) is 4.79 Å². The molecule has 30 heavy (non-hydrogen) atoms. The number of nitrogens with one attached hydrogen (secondary N) is 1. The molecule has 2 rings (SSSR count). The molecular formula is C18H17Cl2F3N2O4S. The van der Waals surface area contributed by atoms with Crippen LogP contribution in [0.4, 0.5) is 18.9 Å². The summed E-state index contributed by atoms with van der Waals surface area (Å²) in [4.78, 5) is 12.0. The summed E-state index contributed by atoms with van der Waals surface area (Å²) in [6, 6.07) is 6.80. The van der Waals surface area contributed by atoms with Crippen molar-refractivity contribution >= 4 is 44.8 Å². The Balaban J connectivity index is 2.26. The summed E-state index contributed by atoms with van der Waals surface area (Å²) in [7, 11) is -3.12. The first-order valence-corrected chi connectivity index (χ1v) is 10.6. The van der Waals surface area contributed by atoms with Gasteiger partial charge < -0.3 is 10.1 Å². The third-order valence-electron chi connectivity index (χ3n) is 3.82. The fourth-order valence-corrected chi connectivity index (χ4v) is 4.15. The van der Waals surface area contributed by atoms with Crippen molar-refractivity contribution in [3.8, 4) is 5.75 Å². The highest BCUT2D eigenvalue weighted by molar-refractivity contribution is 7.89. The lowest BCUT2D eigenvalue weighted by atomic mass is 10.1. The predicted octanol–water partition coefficient (Wildman–Crippen LogP) is 4.67. The van der Waals surface area contributed by atoms with Crippen molar-refractivity contribution in [2.45, 2.75) is 18.0 Å². The number of carbonyl (C=O) groups excluding carboxylic acids is 1. The van der Waals surface area contributed by atoms with Crippen LogP contribution in [-0.2, 0) is 21.0 Å². The molecule has 1 amide bonds. The van der Waals surface area contributed by atoms with Crippen LogP contribution in [0.2, 0.25) is 10.0 Å². The Morgan fingerprint density at radius 3 is 2.33 bits per heavy atom. The molecule has 0 aliphatic heterocycles. The zero-order valence-corrected chi connectivity index (χ0v) is 18.1. The molecule has 12 heteroatoms. The van der Waals surface area contributed by atoms with Gasteiger partial charge in [-0.25, -0.2) is 8.42 Å². The summed E-state index contributed by atoms with van der Waals surface area (Å²) in [5.41, 5.74) is -1.69. The normalized spacial score (nSPS) is 12.1. The fourth-order valence-electron chi connectivity index (χ4n) is 2.46. The number of anilines is 1. The summed E-state index contributed by atoms with van der Waals surface area (Å²) in [6.07, 6.45) is -4.77. The minimum atomic E-state index is -4.77. The van der Waals surface area contributed by atoms with E-state index in [9.17, 15) is 26.4 Å². The molecule has 1 N–H and O–H groups in total. The Labute approximate surface area is 181 Å². The zero-order chi connectivity index (χ0) is 22.7. The molecule has 0 unspecified atom stereocenters. The molecule has 0 fully saturated rings. The van der Waals surface area contributed by atoms with Crippen molar-refractivity contribution < 1.29 is 31.1 Å². The Hall–Kier alpha value is -2.01. The van der Waals surface area contributed by atoms with Crippen molar-refractivity contribution in [2.75, 3.05) is 25.5 Å². The van der Waals surface area contributed by atoms with Gasteiger partial charge in [-0.05, 0) is 43.3 Å². The Morgan fingerprint density at radius 2 is 1.73 bits per heavy atom. The van der Waals surface area contributed by atoms with Gasteiger partial charge in [-0.15, -0.1) is 0 Å². The Kier molecular flexibility index (Phi) is 7.62. The number of likely N-dealkylation sites (N-methyl/N-ethyl adjacent to an activating group) is 1. The molecule has 0 aliphatic rings. The van der Waals surface area contributed by atoms with Gasteiger partial charge in [-0.2, -0.15) is 17.5 Å². The number of ether oxygens (including phenoxy) is 1. The van der Waals surface area contributed by atoms with Gasteiger partial charge >= 0.3 is 6.18 Å². The van der Waals surface area contributed by atoms with Crippen LogP contribution in [0, 0.1) is 0 Å². The molecule has 0 aromatic heterocycles. The third-order valence-corrected chi connectivity index (χ3v) is 6.12. The SMILES string of the molecule is CCOc1ccc(Cl)cc1S(=O)(=O)N(C)CC(=O)Nc1ccc(Cl)cc1C(F)(F)F. The molecule has 0 spiro atoms. The first kappa shape index (κ1) is 24.3. The number of rotatable bonds is 7.